The lowest BCUT2D eigenvalue weighted by Crippen LogP contribution is -2.40. The molecule has 218 valence electrons. The maximum atomic E-state index is 14.1. The second-order valence-corrected chi connectivity index (χ2v) is 11.4. The molecule has 0 fully saturated rings. The third kappa shape index (κ3) is 6.32. The van der Waals surface area contributed by atoms with Crippen molar-refractivity contribution in [1.82, 2.24) is 4.57 Å². The summed E-state index contributed by atoms with van der Waals surface area (Å²) in [6.07, 6.45) is 2.86. The van der Waals surface area contributed by atoms with Crippen LogP contribution in [0, 0.1) is 0 Å². The fourth-order valence-electron chi connectivity index (χ4n) is 4.66. The third-order valence-electron chi connectivity index (χ3n) is 6.28. The number of methoxy groups -OCH3 is 2. The van der Waals surface area contributed by atoms with Crippen LogP contribution in [0.5, 0.6) is 17.2 Å². The molecule has 0 N–H and O–H groups in total. The maximum absolute atomic E-state index is 14.1. The minimum Gasteiger partial charge on any atom is -0.496 e. The first-order chi connectivity index (χ1) is 19.6. The average molecular weight is 620 g/mol. The van der Waals surface area contributed by atoms with E-state index in [0.717, 1.165) is 6.42 Å². The van der Waals surface area contributed by atoms with Crippen LogP contribution in [0.1, 0.15) is 57.7 Å². The van der Waals surface area contributed by atoms with E-state index < -0.39 is 12.0 Å². The van der Waals surface area contributed by atoms with Crippen LogP contribution in [0.15, 0.2) is 51.4 Å². The normalized spacial score (nSPS) is 15.0. The highest BCUT2D eigenvalue weighted by molar-refractivity contribution is 7.07. The van der Waals surface area contributed by atoms with E-state index >= 15 is 0 Å². The summed E-state index contributed by atoms with van der Waals surface area (Å²) in [6.45, 7) is 7.70. The largest absolute Gasteiger partial charge is 0.496 e. The highest BCUT2D eigenvalue weighted by Gasteiger charge is 2.36. The van der Waals surface area contributed by atoms with Gasteiger partial charge in [0.2, 0.25) is 0 Å². The lowest BCUT2D eigenvalue weighted by Gasteiger charge is -2.27. The van der Waals surface area contributed by atoms with Crippen LogP contribution in [-0.2, 0) is 9.53 Å². The van der Waals surface area contributed by atoms with Crippen molar-refractivity contribution in [3.63, 3.8) is 0 Å². The Morgan fingerprint density at radius 1 is 1.12 bits per heavy atom. The van der Waals surface area contributed by atoms with Gasteiger partial charge in [-0.15, -0.1) is 0 Å². The monoisotopic (exact) mass is 618 g/mol. The summed E-state index contributed by atoms with van der Waals surface area (Å²) < 4.78 is 24.3. The molecule has 1 atom stereocenters. The zero-order chi connectivity index (χ0) is 29.8. The zero-order valence-corrected chi connectivity index (χ0v) is 26.1. The number of nitrogens with zero attached hydrogens (tertiary/aromatic N) is 2. The van der Waals surface area contributed by atoms with Gasteiger partial charge in [-0.2, -0.15) is 0 Å². The molecule has 0 amide bonds. The van der Waals surface area contributed by atoms with Crippen molar-refractivity contribution in [3.05, 3.63) is 82.5 Å². The van der Waals surface area contributed by atoms with Crippen molar-refractivity contribution in [1.29, 1.82) is 0 Å². The Morgan fingerprint density at radius 2 is 1.85 bits per heavy atom. The van der Waals surface area contributed by atoms with Gasteiger partial charge >= 0.3 is 5.97 Å². The molecule has 0 saturated heterocycles. The third-order valence-corrected chi connectivity index (χ3v) is 7.78. The Morgan fingerprint density at radius 3 is 2.49 bits per heavy atom. The number of thiazole rings is 1. The number of hydrogen-bond acceptors (Lipinski definition) is 8. The molecule has 0 radical (unpaired) electrons. The SMILES string of the molecule is CCCC1=C(C(=O)OCC)[C@H](c2cc(Cl)ccc2OC)n2c(s/c(=C/c3cc(Cl)c(OC(C)C)c(OC)c3)c2=O)=N1. The van der Waals surface area contributed by atoms with E-state index in [0.29, 0.717) is 59.9 Å². The molecule has 0 aliphatic carbocycles. The van der Waals surface area contributed by atoms with E-state index in [1.165, 1.54) is 30.1 Å². The second kappa shape index (κ2) is 13.1. The molecule has 0 unspecified atom stereocenters. The molecule has 2 heterocycles. The Hall–Kier alpha value is -3.27. The lowest BCUT2D eigenvalue weighted by atomic mass is 9.93. The van der Waals surface area contributed by atoms with Gasteiger partial charge in [0, 0.05) is 10.6 Å². The number of allylic oxidation sites excluding steroid dienone is 1. The number of fused-ring (bicyclic) bond motifs is 1. The van der Waals surface area contributed by atoms with Gasteiger partial charge in [-0.3, -0.25) is 9.36 Å². The van der Waals surface area contributed by atoms with E-state index in [1.54, 1.807) is 43.3 Å². The van der Waals surface area contributed by atoms with Crippen LogP contribution in [-0.4, -0.2) is 37.5 Å². The smallest absolute Gasteiger partial charge is 0.338 e. The molecule has 4 rings (SSSR count). The summed E-state index contributed by atoms with van der Waals surface area (Å²) in [5.41, 5.74) is 1.71. The number of aromatic nitrogens is 1. The van der Waals surface area contributed by atoms with Crippen molar-refractivity contribution < 1.29 is 23.7 Å². The molecule has 1 aliphatic heterocycles. The van der Waals surface area contributed by atoms with E-state index in [9.17, 15) is 9.59 Å². The van der Waals surface area contributed by atoms with E-state index in [4.69, 9.17) is 47.1 Å². The molecular weight excluding hydrogens is 587 g/mol. The second-order valence-electron chi connectivity index (χ2n) is 9.50. The number of benzene rings is 2. The minimum absolute atomic E-state index is 0.106. The molecule has 41 heavy (non-hydrogen) atoms. The first kappa shape index (κ1) is 30.7. The van der Waals surface area contributed by atoms with Crippen molar-refractivity contribution in [2.45, 2.75) is 52.7 Å². The molecule has 2 aromatic carbocycles. The topological polar surface area (TPSA) is 88.4 Å². The predicted molar refractivity (Wildman–Crippen MR) is 161 cm³/mol. The summed E-state index contributed by atoms with van der Waals surface area (Å²) in [4.78, 5) is 32.7. The molecule has 1 aliphatic rings. The van der Waals surface area contributed by atoms with Crippen LogP contribution in [0.2, 0.25) is 10.0 Å². The summed E-state index contributed by atoms with van der Waals surface area (Å²) in [7, 11) is 3.06. The van der Waals surface area contributed by atoms with Crippen molar-refractivity contribution in [2.24, 2.45) is 4.99 Å². The first-order valence-electron chi connectivity index (χ1n) is 13.2. The summed E-state index contributed by atoms with van der Waals surface area (Å²) in [5, 5.41) is 0.791. The van der Waals surface area contributed by atoms with Gasteiger partial charge in [-0.1, -0.05) is 47.9 Å². The number of esters is 1. The van der Waals surface area contributed by atoms with Crippen LogP contribution < -0.4 is 29.1 Å². The molecule has 1 aromatic heterocycles. The molecule has 11 heteroatoms. The molecule has 8 nitrogen and oxygen atoms in total. The van der Waals surface area contributed by atoms with Gasteiger partial charge in [0.1, 0.15) is 11.8 Å². The Bertz CT molecular complexity index is 1670. The number of carbonyl (C=O) groups excluding carboxylic acids is 1. The summed E-state index contributed by atoms with van der Waals surface area (Å²) >= 11 is 14.2. The van der Waals surface area contributed by atoms with Gasteiger partial charge in [0.15, 0.2) is 16.3 Å². The van der Waals surface area contributed by atoms with E-state index in [-0.39, 0.29) is 23.8 Å². The van der Waals surface area contributed by atoms with Crippen molar-refractivity contribution >= 4 is 46.6 Å². The molecule has 0 saturated carbocycles. The van der Waals surface area contributed by atoms with E-state index in [2.05, 4.69) is 0 Å². The van der Waals surface area contributed by atoms with Gasteiger partial charge in [0.25, 0.3) is 5.56 Å². The number of halogens is 2. The Kier molecular flexibility index (Phi) is 9.84. The van der Waals surface area contributed by atoms with Crippen LogP contribution in [0.3, 0.4) is 0 Å². The zero-order valence-electron chi connectivity index (χ0n) is 23.7. The minimum atomic E-state index is -0.859. The van der Waals surface area contributed by atoms with Crippen molar-refractivity contribution in [2.75, 3.05) is 20.8 Å². The van der Waals surface area contributed by atoms with Crippen molar-refractivity contribution in [3.8, 4) is 17.2 Å². The van der Waals surface area contributed by atoms with Crippen LogP contribution in [0.25, 0.3) is 6.08 Å². The number of hydrogen-bond donors (Lipinski definition) is 0. The summed E-state index contributed by atoms with van der Waals surface area (Å²) in [5.74, 6) is 0.810. The molecule has 0 bridgehead atoms. The average Bonchev–Trinajstić information content (AvgIpc) is 3.23. The Balaban J connectivity index is 2.00. The number of ether oxygens (including phenoxy) is 4. The predicted octanol–water partition coefficient (Wildman–Crippen LogP) is 5.69. The van der Waals surface area contributed by atoms with Gasteiger partial charge in [0.05, 0.1) is 47.8 Å². The quantitative estimate of drug-likeness (QED) is 0.271. The van der Waals surface area contributed by atoms with Crippen LogP contribution in [0.4, 0.5) is 0 Å². The van der Waals surface area contributed by atoms with Gasteiger partial charge in [-0.25, -0.2) is 9.79 Å². The maximum Gasteiger partial charge on any atom is 0.338 e. The summed E-state index contributed by atoms with van der Waals surface area (Å²) in [6, 6.07) is 7.72. The highest BCUT2D eigenvalue weighted by atomic mass is 35.5. The molecule has 3 aromatic rings. The molecular formula is C30H32Cl2N2O6S. The van der Waals surface area contributed by atoms with Gasteiger partial charge in [-0.05, 0) is 69.2 Å². The lowest BCUT2D eigenvalue weighted by molar-refractivity contribution is -0.139. The molecule has 0 spiro atoms. The van der Waals surface area contributed by atoms with Gasteiger partial charge < -0.3 is 18.9 Å². The fourth-order valence-corrected chi connectivity index (χ4v) is 6.12. The highest BCUT2D eigenvalue weighted by Crippen LogP contribution is 2.39. The standard InChI is InChI=1S/C30H32Cl2N2O6S/c1-7-9-21-25(29(36)39-8-2)26(19-15-18(31)10-11-22(19)37-5)34-28(35)24(41-30(34)33-21)14-17-12-20(32)27(40-16(3)4)23(13-17)38-6/h10-16,26H,7-9H2,1-6H3/b24-14+/t26-/m0/s1. The van der Waals surface area contributed by atoms with Crippen LogP contribution >= 0.6 is 34.5 Å². The number of rotatable bonds is 10. The fraction of sp³-hybridized carbons (Fsp3) is 0.367. The first-order valence-corrected chi connectivity index (χ1v) is 14.8. The Labute approximate surface area is 252 Å². The van der Waals surface area contributed by atoms with E-state index in [1.807, 2.05) is 20.8 Å². The number of carbonyl (C=O) groups is 1.